The van der Waals surface area contributed by atoms with Crippen LogP contribution in [0.4, 0.5) is 0 Å². The van der Waals surface area contributed by atoms with Crippen molar-refractivity contribution in [1.82, 2.24) is 0 Å². The van der Waals surface area contributed by atoms with E-state index in [1.165, 1.54) is 0 Å². The van der Waals surface area contributed by atoms with Crippen LogP contribution in [0.5, 0.6) is 0 Å². The number of hydrogen-bond acceptors (Lipinski definition) is 2. The Kier molecular flexibility index (Phi) is 3.79. The summed E-state index contributed by atoms with van der Waals surface area (Å²) in [6.45, 7) is 7.46. The molecule has 0 saturated carbocycles. The average molecular weight is 240 g/mol. The third-order valence-electron chi connectivity index (χ3n) is 3.22. The van der Waals surface area contributed by atoms with Crippen LogP contribution in [-0.4, -0.2) is 13.2 Å². The van der Waals surface area contributed by atoms with E-state index >= 15 is 0 Å². The predicted molar refractivity (Wildman–Crippen MR) is 67.4 cm³/mol. The molecule has 1 rings (SSSR count). The van der Waals surface area contributed by atoms with E-state index < -0.39 is 14.6 Å². The smallest absolute Gasteiger partial charge is 0.183 e. The van der Waals surface area contributed by atoms with Crippen molar-refractivity contribution in [3.05, 3.63) is 29.8 Å². The molecule has 0 spiro atoms. The molecule has 3 heteroatoms. The Bertz CT molecular complexity index is 459. The first-order valence-electron chi connectivity index (χ1n) is 5.69. The number of aryl methyl sites for hydroxylation is 1. The standard InChI is InChI=1S/C13H20O2S/c1-5-11-9-7-8-10-12(11)16(14,15)13(3,4)6-2/h7-10H,5-6H2,1-4H3. The molecule has 0 N–H and O–H groups in total. The summed E-state index contributed by atoms with van der Waals surface area (Å²) in [7, 11) is -3.23. The summed E-state index contributed by atoms with van der Waals surface area (Å²) in [4.78, 5) is 0.490. The zero-order valence-corrected chi connectivity index (χ0v) is 11.3. The zero-order chi connectivity index (χ0) is 12.4. The van der Waals surface area contributed by atoms with E-state index in [1.54, 1.807) is 26.0 Å². The lowest BCUT2D eigenvalue weighted by Gasteiger charge is -2.24. The van der Waals surface area contributed by atoms with Gasteiger partial charge in [-0.05, 0) is 38.3 Å². The highest BCUT2D eigenvalue weighted by Crippen LogP contribution is 2.30. The fourth-order valence-corrected chi connectivity index (χ4v) is 3.34. The Balaban J connectivity index is 3.39. The quantitative estimate of drug-likeness (QED) is 0.810. The topological polar surface area (TPSA) is 34.1 Å². The van der Waals surface area contributed by atoms with Gasteiger partial charge in [0.05, 0.1) is 9.64 Å². The Morgan fingerprint density at radius 1 is 1.12 bits per heavy atom. The molecule has 0 aliphatic heterocycles. The second-order valence-electron chi connectivity index (χ2n) is 4.58. The molecular formula is C13H20O2S. The van der Waals surface area contributed by atoms with Crippen LogP contribution in [-0.2, 0) is 16.3 Å². The highest BCUT2D eigenvalue weighted by atomic mass is 32.2. The molecule has 0 unspecified atom stereocenters. The molecule has 2 nitrogen and oxygen atoms in total. The molecular weight excluding hydrogens is 220 g/mol. The molecule has 0 saturated heterocycles. The lowest BCUT2D eigenvalue weighted by atomic mass is 10.1. The largest absolute Gasteiger partial charge is 0.223 e. The summed E-state index contributed by atoms with van der Waals surface area (Å²) in [6, 6.07) is 7.28. The van der Waals surface area contributed by atoms with Crippen molar-refractivity contribution in [3.8, 4) is 0 Å². The van der Waals surface area contributed by atoms with E-state index in [2.05, 4.69) is 0 Å². The van der Waals surface area contributed by atoms with Crippen LogP contribution < -0.4 is 0 Å². The normalized spacial score (nSPS) is 12.8. The van der Waals surface area contributed by atoms with E-state index in [1.807, 2.05) is 26.0 Å². The van der Waals surface area contributed by atoms with Crippen molar-refractivity contribution in [3.63, 3.8) is 0 Å². The van der Waals surface area contributed by atoms with Crippen molar-refractivity contribution in [1.29, 1.82) is 0 Å². The van der Waals surface area contributed by atoms with Gasteiger partial charge in [0.25, 0.3) is 0 Å². The third kappa shape index (κ3) is 2.14. The van der Waals surface area contributed by atoms with Gasteiger partial charge in [0.15, 0.2) is 9.84 Å². The Labute approximate surface area is 98.6 Å². The van der Waals surface area contributed by atoms with E-state index in [-0.39, 0.29) is 0 Å². The second kappa shape index (κ2) is 4.58. The van der Waals surface area contributed by atoms with Crippen molar-refractivity contribution in [2.75, 3.05) is 0 Å². The van der Waals surface area contributed by atoms with Crippen LogP contribution in [0.3, 0.4) is 0 Å². The fraction of sp³-hybridized carbons (Fsp3) is 0.538. The minimum absolute atomic E-state index is 0.490. The van der Waals surface area contributed by atoms with Crippen LogP contribution in [0.1, 0.15) is 39.7 Å². The van der Waals surface area contributed by atoms with E-state index in [0.717, 1.165) is 12.0 Å². The fourth-order valence-electron chi connectivity index (χ4n) is 1.55. The number of sulfone groups is 1. The molecule has 0 fully saturated rings. The van der Waals surface area contributed by atoms with E-state index in [9.17, 15) is 8.42 Å². The van der Waals surface area contributed by atoms with Crippen LogP contribution in [0.2, 0.25) is 0 Å². The first kappa shape index (κ1) is 13.2. The van der Waals surface area contributed by atoms with Crippen molar-refractivity contribution < 1.29 is 8.42 Å². The molecule has 0 amide bonds. The summed E-state index contributed by atoms with van der Waals surface area (Å²) < 4.78 is 24.2. The predicted octanol–water partition coefficient (Wildman–Crippen LogP) is 3.21. The van der Waals surface area contributed by atoms with Gasteiger partial charge in [-0.3, -0.25) is 0 Å². The average Bonchev–Trinajstić information content (AvgIpc) is 2.28. The summed E-state index contributed by atoms with van der Waals surface area (Å²) in [5.41, 5.74) is 0.907. The van der Waals surface area contributed by atoms with Gasteiger partial charge in [-0.2, -0.15) is 0 Å². The highest BCUT2D eigenvalue weighted by molar-refractivity contribution is 7.92. The van der Waals surface area contributed by atoms with E-state index in [0.29, 0.717) is 11.3 Å². The van der Waals surface area contributed by atoms with Gasteiger partial charge in [-0.15, -0.1) is 0 Å². The molecule has 0 heterocycles. The number of benzene rings is 1. The maximum Gasteiger partial charge on any atom is 0.183 e. The molecule has 90 valence electrons. The van der Waals surface area contributed by atoms with Crippen molar-refractivity contribution >= 4 is 9.84 Å². The highest BCUT2D eigenvalue weighted by Gasteiger charge is 2.34. The summed E-state index contributed by atoms with van der Waals surface area (Å²) in [5.74, 6) is 0. The lowest BCUT2D eigenvalue weighted by molar-refractivity contribution is 0.537. The molecule has 0 aromatic heterocycles. The SMILES string of the molecule is CCc1ccccc1S(=O)(=O)C(C)(C)CC. The third-order valence-corrected chi connectivity index (χ3v) is 5.94. The molecule has 0 aliphatic rings. The minimum Gasteiger partial charge on any atom is -0.223 e. The minimum atomic E-state index is -3.23. The summed E-state index contributed by atoms with van der Waals surface area (Å²) in [5, 5.41) is 0. The first-order chi connectivity index (χ1) is 7.36. The zero-order valence-electron chi connectivity index (χ0n) is 10.4. The first-order valence-corrected chi connectivity index (χ1v) is 7.17. The monoisotopic (exact) mass is 240 g/mol. The Hall–Kier alpha value is -0.830. The summed E-state index contributed by atoms with van der Waals surface area (Å²) in [6.07, 6.45) is 1.36. The molecule has 1 aromatic rings. The van der Waals surface area contributed by atoms with Crippen molar-refractivity contribution in [2.45, 2.75) is 50.2 Å². The van der Waals surface area contributed by atoms with Crippen molar-refractivity contribution in [2.24, 2.45) is 0 Å². The number of hydrogen-bond donors (Lipinski definition) is 0. The van der Waals surface area contributed by atoms with Crippen LogP contribution in [0.25, 0.3) is 0 Å². The summed E-state index contributed by atoms with van der Waals surface area (Å²) >= 11 is 0. The lowest BCUT2D eigenvalue weighted by Crippen LogP contribution is -2.31. The molecule has 0 aliphatic carbocycles. The van der Waals surface area contributed by atoms with Crippen LogP contribution in [0, 0.1) is 0 Å². The van der Waals surface area contributed by atoms with E-state index in [4.69, 9.17) is 0 Å². The van der Waals surface area contributed by atoms with Gasteiger partial charge in [-0.1, -0.05) is 32.0 Å². The molecule has 0 atom stereocenters. The van der Waals surface area contributed by atoms with Gasteiger partial charge in [-0.25, -0.2) is 8.42 Å². The van der Waals surface area contributed by atoms with Crippen LogP contribution in [0.15, 0.2) is 29.2 Å². The van der Waals surface area contributed by atoms with Gasteiger partial charge in [0.2, 0.25) is 0 Å². The van der Waals surface area contributed by atoms with Gasteiger partial charge < -0.3 is 0 Å². The van der Waals surface area contributed by atoms with Crippen LogP contribution >= 0.6 is 0 Å². The molecule has 0 bridgehead atoms. The second-order valence-corrected chi connectivity index (χ2v) is 7.13. The Morgan fingerprint density at radius 2 is 1.69 bits per heavy atom. The van der Waals surface area contributed by atoms with Gasteiger partial charge in [0.1, 0.15) is 0 Å². The molecule has 16 heavy (non-hydrogen) atoms. The Morgan fingerprint density at radius 3 is 2.19 bits per heavy atom. The number of rotatable bonds is 4. The molecule has 0 radical (unpaired) electrons. The maximum atomic E-state index is 12.5. The molecule has 1 aromatic carbocycles. The van der Waals surface area contributed by atoms with Gasteiger partial charge >= 0.3 is 0 Å². The maximum absolute atomic E-state index is 12.5. The van der Waals surface area contributed by atoms with Gasteiger partial charge in [0, 0.05) is 0 Å².